The van der Waals surface area contributed by atoms with Crippen molar-refractivity contribution < 1.29 is 13.2 Å². The number of hydrogen-bond acceptors (Lipinski definition) is 4. The topological polar surface area (TPSA) is 67.4 Å². The molecule has 0 amide bonds. The van der Waals surface area contributed by atoms with E-state index in [4.69, 9.17) is 4.74 Å². The summed E-state index contributed by atoms with van der Waals surface area (Å²) < 4.78 is 32.4. The van der Waals surface area contributed by atoms with Crippen molar-refractivity contribution in [2.75, 3.05) is 19.7 Å². The Morgan fingerprint density at radius 2 is 1.95 bits per heavy atom. The van der Waals surface area contributed by atoms with Gasteiger partial charge in [0.2, 0.25) is 10.0 Å². The largest absolute Gasteiger partial charge is 0.493 e. The highest BCUT2D eigenvalue weighted by Crippen LogP contribution is 2.23. The molecule has 110 valence electrons. The Morgan fingerprint density at radius 1 is 1.20 bits per heavy atom. The molecule has 1 aliphatic carbocycles. The number of rotatable bonds is 6. The normalized spacial score (nSPS) is 22.9. The predicted octanol–water partition coefficient (Wildman–Crippen LogP) is 1.12. The van der Waals surface area contributed by atoms with Crippen LogP contribution in [0.1, 0.15) is 19.3 Å². The highest BCUT2D eigenvalue weighted by molar-refractivity contribution is 7.89. The van der Waals surface area contributed by atoms with Gasteiger partial charge in [0.05, 0.1) is 11.5 Å². The molecule has 0 spiro atoms. The van der Waals surface area contributed by atoms with E-state index in [1.807, 2.05) is 0 Å². The third kappa shape index (κ3) is 3.50. The highest BCUT2D eigenvalue weighted by atomic mass is 32.2. The minimum absolute atomic E-state index is 0.130. The van der Waals surface area contributed by atoms with Gasteiger partial charge in [-0.3, -0.25) is 0 Å². The highest BCUT2D eigenvalue weighted by Gasteiger charge is 2.27. The summed E-state index contributed by atoms with van der Waals surface area (Å²) in [5, 5.41) is 3.29. The number of nitrogens with one attached hydrogen (secondary N) is 2. The molecule has 1 heterocycles. The fourth-order valence-corrected chi connectivity index (χ4v) is 3.58. The van der Waals surface area contributed by atoms with Crippen LogP contribution in [0.2, 0.25) is 0 Å². The zero-order valence-corrected chi connectivity index (χ0v) is 12.2. The second-order valence-corrected chi connectivity index (χ2v) is 7.25. The van der Waals surface area contributed by atoms with Crippen LogP contribution in [-0.2, 0) is 10.0 Å². The fraction of sp³-hybridized carbons (Fsp3) is 0.571. The van der Waals surface area contributed by atoms with Crippen LogP contribution in [0.15, 0.2) is 29.2 Å². The minimum atomic E-state index is -3.36. The van der Waals surface area contributed by atoms with E-state index in [0.29, 0.717) is 17.4 Å². The predicted molar refractivity (Wildman–Crippen MR) is 76.3 cm³/mol. The van der Waals surface area contributed by atoms with E-state index in [-0.39, 0.29) is 6.04 Å². The average Bonchev–Trinajstić information content (AvgIpc) is 3.08. The van der Waals surface area contributed by atoms with Gasteiger partial charge in [-0.15, -0.1) is 0 Å². The van der Waals surface area contributed by atoms with Gasteiger partial charge in [-0.25, -0.2) is 13.1 Å². The third-order valence-electron chi connectivity index (χ3n) is 3.68. The number of benzene rings is 1. The van der Waals surface area contributed by atoms with Gasteiger partial charge >= 0.3 is 0 Å². The zero-order chi connectivity index (χ0) is 14.0. The van der Waals surface area contributed by atoms with Crippen LogP contribution in [0, 0.1) is 5.92 Å². The molecule has 1 unspecified atom stereocenters. The van der Waals surface area contributed by atoms with Crippen molar-refractivity contribution in [1.29, 1.82) is 0 Å². The van der Waals surface area contributed by atoms with Gasteiger partial charge in [-0.2, -0.15) is 0 Å². The molecular formula is C14H20N2O3S. The summed E-state index contributed by atoms with van der Waals surface area (Å²) in [4.78, 5) is 0.305. The van der Waals surface area contributed by atoms with E-state index in [1.54, 1.807) is 24.3 Å². The van der Waals surface area contributed by atoms with Gasteiger partial charge < -0.3 is 10.1 Å². The molecule has 6 heteroatoms. The molecule has 0 radical (unpaired) electrons. The van der Waals surface area contributed by atoms with Crippen molar-refractivity contribution in [2.24, 2.45) is 5.92 Å². The molecule has 2 fully saturated rings. The molecule has 1 aromatic carbocycles. The van der Waals surface area contributed by atoms with E-state index in [2.05, 4.69) is 10.0 Å². The molecule has 5 nitrogen and oxygen atoms in total. The molecule has 0 bridgehead atoms. The smallest absolute Gasteiger partial charge is 0.240 e. The first-order chi connectivity index (χ1) is 9.63. The number of sulfonamides is 1. The number of ether oxygens (including phenoxy) is 1. The van der Waals surface area contributed by atoms with E-state index >= 15 is 0 Å². The lowest BCUT2D eigenvalue weighted by Crippen LogP contribution is -2.25. The molecule has 3 rings (SSSR count). The summed E-state index contributed by atoms with van der Waals surface area (Å²) in [5.74, 6) is 1.28. The van der Waals surface area contributed by atoms with E-state index in [9.17, 15) is 8.42 Å². The van der Waals surface area contributed by atoms with Gasteiger partial charge in [0.15, 0.2) is 0 Å². The summed E-state index contributed by atoms with van der Waals surface area (Å²) in [6.07, 6.45) is 3.02. The molecule has 20 heavy (non-hydrogen) atoms. The van der Waals surface area contributed by atoms with Gasteiger partial charge in [0.25, 0.3) is 0 Å². The summed E-state index contributed by atoms with van der Waals surface area (Å²) in [6.45, 7) is 2.73. The van der Waals surface area contributed by atoms with Gasteiger partial charge in [0, 0.05) is 18.5 Å². The maximum Gasteiger partial charge on any atom is 0.240 e. The Labute approximate surface area is 119 Å². The first-order valence-electron chi connectivity index (χ1n) is 7.09. The van der Waals surface area contributed by atoms with Crippen LogP contribution >= 0.6 is 0 Å². The van der Waals surface area contributed by atoms with Crippen molar-refractivity contribution in [1.82, 2.24) is 10.0 Å². The van der Waals surface area contributed by atoms with E-state index < -0.39 is 10.0 Å². The minimum Gasteiger partial charge on any atom is -0.493 e. The lowest BCUT2D eigenvalue weighted by Gasteiger charge is -2.11. The maximum atomic E-state index is 12.0. The van der Waals surface area contributed by atoms with Crippen molar-refractivity contribution >= 4 is 10.0 Å². The molecule has 1 saturated heterocycles. The van der Waals surface area contributed by atoms with Crippen LogP contribution in [0.25, 0.3) is 0 Å². The van der Waals surface area contributed by atoms with E-state index in [0.717, 1.165) is 38.1 Å². The summed E-state index contributed by atoms with van der Waals surface area (Å²) in [5.41, 5.74) is 0. The quantitative estimate of drug-likeness (QED) is 0.825. The molecule has 2 N–H and O–H groups in total. The third-order valence-corrected chi connectivity index (χ3v) is 5.22. The Kier molecular flexibility index (Phi) is 3.96. The molecule has 2 aliphatic rings. The Balaban J connectivity index is 1.58. The van der Waals surface area contributed by atoms with E-state index in [1.165, 1.54) is 0 Å². The average molecular weight is 296 g/mol. The van der Waals surface area contributed by atoms with Crippen LogP contribution in [-0.4, -0.2) is 34.2 Å². The first kappa shape index (κ1) is 13.9. The zero-order valence-electron chi connectivity index (χ0n) is 11.3. The Hall–Kier alpha value is -1.11. The van der Waals surface area contributed by atoms with Gasteiger partial charge in [-0.1, -0.05) is 0 Å². The van der Waals surface area contributed by atoms with Crippen LogP contribution < -0.4 is 14.8 Å². The molecule has 1 aromatic rings. The Bertz CT molecular complexity index is 546. The van der Waals surface area contributed by atoms with Crippen molar-refractivity contribution in [2.45, 2.75) is 30.2 Å². The second kappa shape index (κ2) is 5.71. The molecule has 1 atom stereocenters. The van der Waals surface area contributed by atoms with Crippen LogP contribution in [0.3, 0.4) is 0 Å². The van der Waals surface area contributed by atoms with Crippen LogP contribution in [0.4, 0.5) is 0 Å². The second-order valence-electron chi connectivity index (χ2n) is 5.54. The first-order valence-corrected chi connectivity index (χ1v) is 8.58. The van der Waals surface area contributed by atoms with Crippen molar-refractivity contribution in [3.8, 4) is 5.75 Å². The fourth-order valence-electron chi connectivity index (χ4n) is 2.27. The summed E-state index contributed by atoms with van der Waals surface area (Å²) >= 11 is 0. The van der Waals surface area contributed by atoms with Crippen LogP contribution in [0.5, 0.6) is 5.75 Å². The lowest BCUT2D eigenvalue weighted by molar-refractivity contribution is 0.260. The summed E-state index contributed by atoms with van der Waals surface area (Å²) in [6, 6.07) is 6.79. The van der Waals surface area contributed by atoms with Gasteiger partial charge in [0.1, 0.15) is 5.75 Å². The molecule has 1 aliphatic heterocycles. The summed E-state index contributed by atoms with van der Waals surface area (Å²) in [7, 11) is -3.36. The van der Waals surface area contributed by atoms with Crippen molar-refractivity contribution in [3.05, 3.63) is 24.3 Å². The SMILES string of the molecule is O=S(=O)(NC1CC1)c1ccc(OCC2CCNC2)cc1. The number of hydrogen-bond donors (Lipinski definition) is 2. The van der Waals surface area contributed by atoms with Gasteiger partial charge in [-0.05, 0) is 50.1 Å². The Morgan fingerprint density at radius 3 is 2.55 bits per heavy atom. The van der Waals surface area contributed by atoms with Crippen molar-refractivity contribution in [3.63, 3.8) is 0 Å². The monoisotopic (exact) mass is 296 g/mol. The standard InChI is InChI=1S/C14H20N2O3S/c17-20(18,16-12-1-2-12)14-5-3-13(4-6-14)19-10-11-7-8-15-9-11/h3-6,11-12,15-16H,1-2,7-10H2. The lowest BCUT2D eigenvalue weighted by atomic mass is 10.1. The molecular weight excluding hydrogens is 276 g/mol. The molecule has 1 saturated carbocycles. The molecule has 0 aromatic heterocycles. The maximum absolute atomic E-state index is 12.0.